The Labute approximate surface area is 81.1 Å². The van der Waals surface area contributed by atoms with Crippen LogP contribution in [0.15, 0.2) is 22.8 Å². The summed E-state index contributed by atoms with van der Waals surface area (Å²) in [5.41, 5.74) is 0. The molecule has 0 radical (unpaired) electrons. The number of hydrogen-bond acceptors (Lipinski definition) is 2. The zero-order valence-electron chi connectivity index (χ0n) is 7.25. The molecular formula is C9H12BrNO. The van der Waals surface area contributed by atoms with E-state index in [1.54, 1.807) is 6.20 Å². The molecule has 0 aliphatic heterocycles. The Kier molecular flexibility index (Phi) is 3.53. The molecule has 0 fully saturated rings. The minimum Gasteiger partial charge on any atom is -0.474 e. The fraction of sp³-hybridized carbons (Fsp3) is 0.444. The molecule has 0 bridgehead atoms. The fourth-order valence-electron chi connectivity index (χ4n) is 0.732. The first-order valence-corrected chi connectivity index (χ1v) is 4.80. The zero-order valence-corrected chi connectivity index (χ0v) is 8.84. The van der Waals surface area contributed by atoms with Gasteiger partial charge in [-0.1, -0.05) is 6.92 Å². The van der Waals surface area contributed by atoms with Gasteiger partial charge in [-0.25, -0.2) is 4.98 Å². The molecule has 0 saturated carbocycles. The van der Waals surface area contributed by atoms with Crippen LogP contribution in [0.25, 0.3) is 0 Å². The largest absolute Gasteiger partial charge is 0.474 e. The third-order valence-corrected chi connectivity index (χ3v) is 2.22. The average Bonchev–Trinajstić information content (AvgIpc) is 2.09. The highest BCUT2D eigenvalue weighted by molar-refractivity contribution is 9.10. The van der Waals surface area contributed by atoms with Gasteiger partial charge >= 0.3 is 0 Å². The summed E-state index contributed by atoms with van der Waals surface area (Å²) in [7, 11) is 0. The van der Waals surface area contributed by atoms with Gasteiger partial charge in [0.05, 0.1) is 10.6 Å². The summed E-state index contributed by atoms with van der Waals surface area (Å²) >= 11 is 3.37. The van der Waals surface area contributed by atoms with E-state index in [0.717, 1.165) is 10.9 Å². The van der Waals surface area contributed by atoms with Crippen LogP contribution in [-0.2, 0) is 0 Å². The molecule has 1 rings (SSSR count). The van der Waals surface area contributed by atoms with Gasteiger partial charge in [0.2, 0.25) is 5.88 Å². The van der Waals surface area contributed by atoms with Crippen molar-refractivity contribution in [1.82, 2.24) is 4.98 Å². The van der Waals surface area contributed by atoms with Crippen LogP contribution in [0, 0.1) is 0 Å². The molecule has 0 aromatic carbocycles. The van der Waals surface area contributed by atoms with Crippen LogP contribution in [-0.4, -0.2) is 11.1 Å². The van der Waals surface area contributed by atoms with Crippen LogP contribution in [0.5, 0.6) is 5.88 Å². The maximum atomic E-state index is 5.54. The number of halogens is 1. The second kappa shape index (κ2) is 4.45. The molecule has 1 heterocycles. The Balaban J connectivity index is 2.69. The van der Waals surface area contributed by atoms with Gasteiger partial charge in [0.25, 0.3) is 0 Å². The highest BCUT2D eigenvalue weighted by atomic mass is 79.9. The van der Waals surface area contributed by atoms with Crippen molar-refractivity contribution in [3.05, 3.63) is 22.8 Å². The predicted molar refractivity (Wildman–Crippen MR) is 52.3 cm³/mol. The molecule has 3 heteroatoms. The van der Waals surface area contributed by atoms with Crippen molar-refractivity contribution >= 4 is 15.9 Å². The third kappa shape index (κ3) is 2.48. The number of nitrogens with zero attached hydrogens (tertiary/aromatic N) is 1. The van der Waals surface area contributed by atoms with E-state index < -0.39 is 0 Å². The van der Waals surface area contributed by atoms with E-state index in [9.17, 15) is 0 Å². The topological polar surface area (TPSA) is 22.1 Å². The Morgan fingerprint density at radius 2 is 2.42 bits per heavy atom. The lowest BCUT2D eigenvalue weighted by atomic mass is 10.3. The zero-order chi connectivity index (χ0) is 8.97. The highest BCUT2D eigenvalue weighted by Crippen LogP contribution is 2.22. The summed E-state index contributed by atoms with van der Waals surface area (Å²) in [5, 5.41) is 0. The quantitative estimate of drug-likeness (QED) is 0.796. The highest BCUT2D eigenvalue weighted by Gasteiger charge is 2.04. The molecule has 0 N–H and O–H groups in total. The number of rotatable bonds is 3. The van der Waals surface area contributed by atoms with Crippen molar-refractivity contribution in [3.8, 4) is 5.88 Å². The molecule has 1 atom stereocenters. The summed E-state index contributed by atoms with van der Waals surface area (Å²) < 4.78 is 6.44. The van der Waals surface area contributed by atoms with E-state index in [-0.39, 0.29) is 6.10 Å². The van der Waals surface area contributed by atoms with Gasteiger partial charge in [0, 0.05) is 6.20 Å². The first kappa shape index (κ1) is 9.52. The van der Waals surface area contributed by atoms with Gasteiger partial charge in [-0.05, 0) is 41.4 Å². The molecule has 12 heavy (non-hydrogen) atoms. The molecule has 1 aromatic heterocycles. The Morgan fingerprint density at radius 3 is 3.00 bits per heavy atom. The monoisotopic (exact) mass is 229 g/mol. The van der Waals surface area contributed by atoms with E-state index in [1.807, 2.05) is 19.1 Å². The molecule has 0 saturated heterocycles. The summed E-state index contributed by atoms with van der Waals surface area (Å²) in [5.74, 6) is 0.673. The van der Waals surface area contributed by atoms with Crippen molar-refractivity contribution in [2.45, 2.75) is 26.4 Å². The van der Waals surface area contributed by atoms with Crippen LogP contribution in [0.1, 0.15) is 20.3 Å². The molecule has 0 aliphatic rings. The van der Waals surface area contributed by atoms with Crippen LogP contribution in [0.3, 0.4) is 0 Å². The SMILES string of the molecule is CCC(C)Oc1ncccc1Br. The second-order valence-corrected chi connectivity index (χ2v) is 3.48. The molecule has 66 valence electrons. The maximum Gasteiger partial charge on any atom is 0.228 e. The Hall–Kier alpha value is -0.570. The van der Waals surface area contributed by atoms with Gasteiger partial charge in [0.1, 0.15) is 0 Å². The number of hydrogen-bond donors (Lipinski definition) is 0. The lowest BCUT2D eigenvalue weighted by Crippen LogP contribution is -2.10. The van der Waals surface area contributed by atoms with Crippen molar-refractivity contribution in [2.75, 3.05) is 0 Å². The first-order valence-electron chi connectivity index (χ1n) is 4.01. The standard InChI is InChI=1S/C9H12BrNO/c1-3-7(2)12-9-8(10)5-4-6-11-9/h4-7H,3H2,1-2H3. The molecule has 0 amide bonds. The summed E-state index contributed by atoms with van der Waals surface area (Å²) in [6, 6.07) is 3.79. The van der Waals surface area contributed by atoms with Crippen LogP contribution in [0.4, 0.5) is 0 Å². The van der Waals surface area contributed by atoms with Gasteiger partial charge in [0.15, 0.2) is 0 Å². The van der Waals surface area contributed by atoms with E-state index in [2.05, 4.69) is 27.8 Å². The van der Waals surface area contributed by atoms with Crippen molar-refractivity contribution in [3.63, 3.8) is 0 Å². The maximum absolute atomic E-state index is 5.54. The smallest absolute Gasteiger partial charge is 0.228 e. The molecule has 0 spiro atoms. The molecule has 0 aliphatic carbocycles. The fourth-order valence-corrected chi connectivity index (χ4v) is 1.08. The molecule has 1 aromatic rings. The second-order valence-electron chi connectivity index (χ2n) is 2.63. The predicted octanol–water partition coefficient (Wildman–Crippen LogP) is 3.02. The summed E-state index contributed by atoms with van der Waals surface area (Å²) in [6.45, 7) is 4.11. The van der Waals surface area contributed by atoms with Crippen LogP contribution >= 0.6 is 15.9 Å². The van der Waals surface area contributed by atoms with Crippen LogP contribution < -0.4 is 4.74 Å². The van der Waals surface area contributed by atoms with E-state index >= 15 is 0 Å². The summed E-state index contributed by atoms with van der Waals surface area (Å²) in [6.07, 6.45) is 2.93. The molecule has 2 nitrogen and oxygen atoms in total. The average molecular weight is 230 g/mol. The van der Waals surface area contributed by atoms with Crippen molar-refractivity contribution in [1.29, 1.82) is 0 Å². The molecular weight excluding hydrogens is 218 g/mol. The minimum absolute atomic E-state index is 0.219. The van der Waals surface area contributed by atoms with E-state index in [0.29, 0.717) is 5.88 Å². The Morgan fingerprint density at radius 1 is 1.67 bits per heavy atom. The van der Waals surface area contributed by atoms with Gasteiger partial charge in [-0.2, -0.15) is 0 Å². The van der Waals surface area contributed by atoms with Gasteiger partial charge in [-0.3, -0.25) is 0 Å². The summed E-state index contributed by atoms with van der Waals surface area (Å²) in [4.78, 5) is 4.10. The number of pyridine rings is 1. The lowest BCUT2D eigenvalue weighted by molar-refractivity contribution is 0.207. The number of ether oxygens (including phenoxy) is 1. The minimum atomic E-state index is 0.219. The van der Waals surface area contributed by atoms with Gasteiger partial charge < -0.3 is 4.74 Å². The Bertz CT molecular complexity index is 252. The van der Waals surface area contributed by atoms with Crippen LogP contribution in [0.2, 0.25) is 0 Å². The van der Waals surface area contributed by atoms with E-state index in [1.165, 1.54) is 0 Å². The third-order valence-electron chi connectivity index (χ3n) is 1.61. The van der Waals surface area contributed by atoms with Gasteiger partial charge in [-0.15, -0.1) is 0 Å². The number of aromatic nitrogens is 1. The van der Waals surface area contributed by atoms with E-state index in [4.69, 9.17) is 4.74 Å². The first-order chi connectivity index (χ1) is 5.74. The molecule has 1 unspecified atom stereocenters. The lowest BCUT2D eigenvalue weighted by Gasteiger charge is -2.11. The normalized spacial score (nSPS) is 12.6. The van der Waals surface area contributed by atoms with Crippen molar-refractivity contribution in [2.24, 2.45) is 0 Å². The van der Waals surface area contributed by atoms with Crippen molar-refractivity contribution < 1.29 is 4.74 Å².